The number of hydrogen-bond donors (Lipinski definition) is 0. The minimum absolute atomic E-state index is 0.206. The number of halogens is 1. The molecule has 0 radical (unpaired) electrons. The van der Waals surface area contributed by atoms with Gasteiger partial charge in [-0.05, 0) is 37.0 Å². The molecule has 0 aliphatic carbocycles. The number of amides is 4. The van der Waals surface area contributed by atoms with E-state index in [4.69, 9.17) is 0 Å². The lowest BCUT2D eigenvalue weighted by atomic mass is 10.1. The van der Waals surface area contributed by atoms with Gasteiger partial charge in [-0.15, -0.1) is 0 Å². The van der Waals surface area contributed by atoms with Gasteiger partial charge < -0.3 is 9.80 Å². The lowest BCUT2D eigenvalue weighted by Crippen LogP contribution is -2.46. The molecule has 0 N–H and O–H groups in total. The number of benzene rings is 1. The van der Waals surface area contributed by atoms with Crippen LogP contribution in [0.25, 0.3) is 0 Å². The quantitative estimate of drug-likeness (QED) is 0.786. The van der Waals surface area contributed by atoms with Crippen LogP contribution >= 0.6 is 0 Å². The SMILES string of the molecule is O=C1C(N2C(=O)[C@@H]3CCCN3C2=O)CCN1Cc1ccc(F)cc1. The Kier molecular flexibility index (Phi) is 3.51. The van der Waals surface area contributed by atoms with E-state index in [-0.39, 0.29) is 29.7 Å². The molecule has 1 aromatic carbocycles. The van der Waals surface area contributed by atoms with Crippen molar-refractivity contribution in [1.29, 1.82) is 0 Å². The van der Waals surface area contributed by atoms with Crippen molar-refractivity contribution in [2.75, 3.05) is 13.1 Å². The Hall–Kier alpha value is -2.44. The summed E-state index contributed by atoms with van der Waals surface area (Å²) >= 11 is 0. The summed E-state index contributed by atoms with van der Waals surface area (Å²) in [6.07, 6.45) is 1.98. The van der Waals surface area contributed by atoms with Crippen molar-refractivity contribution >= 4 is 17.8 Å². The molecule has 0 spiro atoms. The number of nitrogens with zero attached hydrogens (tertiary/aromatic N) is 3. The summed E-state index contributed by atoms with van der Waals surface area (Å²) < 4.78 is 13.0. The van der Waals surface area contributed by atoms with Crippen LogP contribution in [0.5, 0.6) is 0 Å². The Morgan fingerprint density at radius 1 is 0.958 bits per heavy atom. The van der Waals surface area contributed by atoms with Crippen LogP contribution in [0.1, 0.15) is 24.8 Å². The van der Waals surface area contributed by atoms with Crippen LogP contribution in [0.3, 0.4) is 0 Å². The Morgan fingerprint density at radius 2 is 1.71 bits per heavy atom. The first-order valence-corrected chi connectivity index (χ1v) is 8.23. The largest absolute Gasteiger partial charge is 0.336 e. The van der Waals surface area contributed by atoms with Crippen LogP contribution in [-0.2, 0) is 16.1 Å². The van der Waals surface area contributed by atoms with Crippen molar-refractivity contribution in [3.8, 4) is 0 Å². The van der Waals surface area contributed by atoms with Gasteiger partial charge in [-0.25, -0.2) is 14.1 Å². The van der Waals surface area contributed by atoms with Crippen LogP contribution in [-0.4, -0.2) is 57.7 Å². The van der Waals surface area contributed by atoms with E-state index in [1.54, 1.807) is 21.9 Å². The van der Waals surface area contributed by atoms with Crippen LogP contribution in [0.15, 0.2) is 24.3 Å². The molecule has 0 aromatic heterocycles. The Morgan fingerprint density at radius 3 is 2.42 bits per heavy atom. The molecule has 3 fully saturated rings. The van der Waals surface area contributed by atoms with Crippen LogP contribution in [0, 0.1) is 5.82 Å². The van der Waals surface area contributed by atoms with Gasteiger partial charge in [0.05, 0.1) is 0 Å². The maximum absolute atomic E-state index is 13.0. The molecule has 3 saturated heterocycles. The number of carbonyl (C=O) groups is 3. The second-order valence-electron chi connectivity index (χ2n) is 6.53. The van der Waals surface area contributed by atoms with E-state index in [0.717, 1.165) is 16.9 Å². The molecule has 1 unspecified atom stereocenters. The monoisotopic (exact) mass is 331 g/mol. The van der Waals surface area contributed by atoms with Crippen molar-refractivity contribution in [1.82, 2.24) is 14.7 Å². The zero-order chi connectivity index (χ0) is 16.8. The summed E-state index contributed by atoms with van der Waals surface area (Å²) in [5, 5.41) is 0. The fourth-order valence-electron chi connectivity index (χ4n) is 3.86. The van der Waals surface area contributed by atoms with Gasteiger partial charge in [0.2, 0.25) is 5.91 Å². The van der Waals surface area contributed by atoms with Crippen molar-refractivity contribution in [3.63, 3.8) is 0 Å². The number of rotatable bonds is 3. The van der Waals surface area contributed by atoms with Crippen molar-refractivity contribution in [2.45, 2.75) is 37.9 Å². The maximum atomic E-state index is 13.0. The average Bonchev–Trinajstić information content (AvgIpc) is 3.23. The highest BCUT2D eigenvalue weighted by Crippen LogP contribution is 2.31. The van der Waals surface area contributed by atoms with Gasteiger partial charge in [0.15, 0.2) is 0 Å². The number of likely N-dealkylation sites (tertiary alicyclic amines) is 1. The molecule has 24 heavy (non-hydrogen) atoms. The molecular weight excluding hydrogens is 313 g/mol. The van der Waals surface area contributed by atoms with Gasteiger partial charge in [-0.1, -0.05) is 12.1 Å². The first-order chi connectivity index (χ1) is 11.6. The van der Waals surface area contributed by atoms with Crippen LogP contribution < -0.4 is 0 Å². The van der Waals surface area contributed by atoms with E-state index < -0.39 is 6.04 Å². The minimum atomic E-state index is -0.698. The minimum Gasteiger partial charge on any atom is -0.336 e. The van der Waals surface area contributed by atoms with Gasteiger partial charge in [0.1, 0.15) is 17.9 Å². The highest BCUT2D eigenvalue weighted by atomic mass is 19.1. The van der Waals surface area contributed by atoms with E-state index in [0.29, 0.717) is 32.5 Å². The number of hydrogen-bond acceptors (Lipinski definition) is 3. The first kappa shape index (κ1) is 15.1. The Balaban J connectivity index is 1.48. The fourth-order valence-corrected chi connectivity index (χ4v) is 3.86. The summed E-state index contributed by atoms with van der Waals surface area (Å²) in [4.78, 5) is 42.0. The predicted octanol–water partition coefficient (Wildman–Crippen LogP) is 1.35. The van der Waals surface area contributed by atoms with E-state index in [1.807, 2.05) is 0 Å². The van der Waals surface area contributed by atoms with Crippen molar-refractivity contribution in [3.05, 3.63) is 35.6 Å². The van der Waals surface area contributed by atoms with Gasteiger partial charge in [0.25, 0.3) is 5.91 Å². The predicted molar refractivity (Wildman–Crippen MR) is 82.2 cm³/mol. The molecule has 0 bridgehead atoms. The zero-order valence-electron chi connectivity index (χ0n) is 13.2. The number of imide groups is 1. The molecule has 0 saturated carbocycles. The lowest BCUT2D eigenvalue weighted by molar-refractivity contribution is -0.138. The Labute approximate surface area is 138 Å². The first-order valence-electron chi connectivity index (χ1n) is 8.23. The molecule has 1 aromatic rings. The molecule has 4 amide bonds. The van der Waals surface area contributed by atoms with Gasteiger partial charge in [0, 0.05) is 19.6 Å². The van der Waals surface area contributed by atoms with Crippen LogP contribution in [0.4, 0.5) is 9.18 Å². The summed E-state index contributed by atoms with van der Waals surface area (Å²) in [6.45, 7) is 1.44. The van der Waals surface area contributed by atoms with E-state index in [2.05, 4.69) is 0 Å². The van der Waals surface area contributed by atoms with E-state index in [1.165, 1.54) is 12.1 Å². The lowest BCUT2D eigenvalue weighted by Gasteiger charge is -2.22. The van der Waals surface area contributed by atoms with Crippen LogP contribution in [0.2, 0.25) is 0 Å². The average molecular weight is 331 g/mol. The summed E-state index contributed by atoms with van der Waals surface area (Å²) in [6, 6.07) is 4.58. The van der Waals surface area contributed by atoms with E-state index in [9.17, 15) is 18.8 Å². The van der Waals surface area contributed by atoms with Gasteiger partial charge in [-0.3, -0.25) is 9.59 Å². The smallest absolute Gasteiger partial charge is 0.328 e. The molecule has 6 nitrogen and oxygen atoms in total. The molecule has 126 valence electrons. The molecular formula is C17H18FN3O3. The third-order valence-electron chi connectivity index (χ3n) is 5.09. The molecule has 2 atom stereocenters. The molecule has 3 heterocycles. The number of fused-ring (bicyclic) bond motifs is 1. The normalized spacial score (nSPS) is 26.7. The molecule has 3 aliphatic heterocycles. The molecule has 4 rings (SSSR count). The van der Waals surface area contributed by atoms with Gasteiger partial charge >= 0.3 is 6.03 Å². The number of urea groups is 1. The Bertz CT molecular complexity index is 684. The third-order valence-corrected chi connectivity index (χ3v) is 5.09. The standard InChI is InChI=1S/C17H18FN3O3/c18-12-5-3-11(4-6-12)10-19-9-7-14(15(19)22)21-16(23)13-2-1-8-20(13)17(21)24/h3-6,13-14H,1-2,7-10H2/t13-,14?/m0/s1. The summed E-state index contributed by atoms with van der Waals surface area (Å²) in [7, 11) is 0. The van der Waals surface area contributed by atoms with Crippen molar-refractivity contribution < 1.29 is 18.8 Å². The second kappa shape index (κ2) is 5.58. The third kappa shape index (κ3) is 2.26. The van der Waals surface area contributed by atoms with Gasteiger partial charge in [-0.2, -0.15) is 0 Å². The topological polar surface area (TPSA) is 60.9 Å². The second-order valence-corrected chi connectivity index (χ2v) is 6.53. The highest BCUT2D eigenvalue weighted by Gasteiger charge is 2.53. The summed E-state index contributed by atoms with van der Waals surface area (Å²) in [5.74, 6) is -0.764. The summed E-state index contributed by atoms with van der Waals surface area (Å²) in [5.41, 5.74) is 0.824. The van der Waals surface area contributed by atoms with Crippen molar-refractivity contribution in [2.24, 2.45) is 0 Å². The number of carbonyl (C=O) groups excluding carboxylic acids is 3. The maximum Gasteiger partial charge on any atom is 0.328 e. The fraction of sp³-hybridized carbons (Fsp3) is 0.471. The zero-order valence-corrected chi connectivity index (χ0v) is 13.2. The highest BCUT2D eigenvalue weighted by molar-refractivity contribution is 6.08. The van der Waals surface area contributed by atoms with E-state index >= 15 is 0 Å². The molecule has 3 aliphatic rings. The molecule has 7 heteroatoms.